The molecule has 132 valence electrons. The molecule has 1 aromatic carbocycles. The van der Waals surface area contributed by atoms with Crippen molar-refractivity contribution in [2.75, 3.05) is 25.5 Å². The average molecular weight is 338 g/mol. The molecule has 2 heterocycles. The molecule has 1 aromatic heterocycles. The Hall–Kier alpha value is -2.57. The smallest absolute Gasteiger partial charge is 0.130 e. The van der Waals surface area contributed by atoms with Crippen LogP contribution in [0.2, 0.25) is 0 Å². The molecule has 1 fully saturated rings. The number of nitrogens with zero attached hydrogens (tertiary/aromatic N) is 2. The number of anilines is 1. The first kappa shape index (κ1) is 17.3. The second-order valence-electron chi connectivity index (χ2n) is 6.56. The maximum absolute atomic E-state index is 6.09. The van der Waals surface area contributed by atoms with Crippen molar-refractivity contribution in [3.63, 3.8) is 0 Å². The first-order valence-corrected chi connectivity index (χ1v) is 8.54. The Balaban J connectivity index is 1.81. The SMILES string of the molecule is C=C(Nc1cc2cc(/C(N)=C/N(C)N)ccc2cn1)C1CCNCC1. The number of pyridine rings is 1. The van der Waals surface area contributed by atoms with Gasteiger partial charge in [0.1, 0.15) is 5.82 Å². The number of hydrogen-bond acceptors (Lipinski definition) is 6. The normalized spacial score (nSPS) is 16.0. The fourth-order valence-corrected chi connectivity index (χ4v) is 3.12. The fraction of sp³-hybridized carbons (Fsp3) is 0.316. The molecular formula is C19H26N6. The predicted octanol–water partition coefficient (Wildman–Crippen LogP) is 2.22. The summed E-state index contributed by atoms with van der Waals surface area (Å²) in [7, 11) is 1.74. The van der Waals surface area contributed by atoms with Crippen LogP contribution in [0, 0.1) is 5.92 Å². The van der Waals surface area contributed by atoms with Crippen LogP contribution in [-0.2, 0) is 0 Å². The van der Waals surface area contributed by atoms with Crippen molar-refractivity contribution in [3.05, 3.63) is 54.5 Å². The van der Waals surface area contributed by atoms with Crippen molar-refractivity contribution in [1.29, 1.82) is 0 Å². The van der Waals surface area contributed by atoms with Crippen LogP contribution < -0.4 is 22.2 Å². The summed E-state index contributed by atoms with van der Waals surface area (Å²) in [5.41, 5.74) is 8.68. The number of hydrogen-bond donors (Lipinski definition) is 4. The van der Waals surface area contributed by atoms with Gasteiger partial charge in [-0.2, -0.15) is 0 Å². The Labute approximate surface area is 148 Å². The van der Waals surface area contributed by atoms with Gasteiger partial charge in [-0.15, -0.1) is 0 Å². The molecule has 25 heavy (non-hydrogen) atoms. The van der Waals surface area contributed by atoms with E-state index in [0.29, 0.717) is 11.6 Å². The van der Waals surface area contributed by atoms with Crippen molar-refractivity contribution in [2.24, 2.45) is 17.5 Å². The lowest BCUT2D eigenvalue weighted by Crippen LogP contribution is -2.30. The van der Waals surface area contributed by atoms with E-state index in [1.54, 1.807) is 13.2 Å². The summed E-state index contributed by atoms with van der Waals surface area (Å²) in [5, 5.41) is 10.3. The molecule has 1 saturated heterocycles. The molecule has 0 unspecified atom stereocenters. The first-order valence-electron chi connectivity index (χ1n) is 8.54. The largest absolute Gasteiger partial charge is 0.397 e. The van der Waals surface area contributed by atoms with Crippen LogP contribution in [0.5, 0.6) is 0 Å². The lowest BCUT2D eigenvalue weighted by molar-refractivity contribution is 0.422. The summed E-state index contributed by atoms with van der Waals surface area (Å²) in [4.78, 5) is 4.50. The number of piperidine rings is 1. The summed E-state index contributed by atoms with van der Waals surface area (Å²) in [6.45, 7) is 6.29. The fourth-order valence-electron chi connectivity index (χ4n) is 3.12. The van der Waals surface area contributed by atoms with Gasteiger partial charge in [0.15, 0.2) is 0 Å². The van der Waals surface area contributed by atoms with E-state index >= 15 is 0 Å². The third-order valence-corrected chi connectivity index (χ3v) is 4.52. The van der Waals surface area contributed by atoms with Gasteiger partial charge in [-0.1, -0.05) is 18.7 Å². The number of hydrazine groups is 1. The third kappa shape index (κ3) is 4.29. The molecule has 6 heteroatoms. The van der Waals surface area contributed by atoms with Gasteiger partial charge in [-0.25, -0.2) is 10.8 Å². The molecule has 0 bridgehead atoms. The van der Waals surface area contributed by atoms with Crippen molar-refractivity contribution in [2.45, 2.75) is 12.8 Å². The van der Waals surface area contributed by atoms with E-state index in [0.717, 1.165) is 53.8 Å². The molecular weight excluding hydrogens is 312 g/mol. The lowest BCUT2D eigenvalue weighted by atomic mass is 9.95. The molecule has 0 saturated carbocycles. The van der Waals surface area contributed by atoms with E-state index in [9.17, 15) is 0 Å². The standard InChI is InChI=1S/C19H26N6/c1-13(14-5-7-22-8-6-14)24-19-10-17-9-15(18(20)12-25(2)21)3-4-16(17)11-23-19/h3-4,9-12,14,22H,1,5-8,20-21H2,2H3,(H,23,24)/b18-12-. The maximum Gasteiger partial charge on any atom is 0.130 e. The molecule has 0 radical (unpaired) electrons. The molecule has 0 spiro atoms. The Morgan fingerprint density at radius 2 is 2.08 bits per heavy atom. The molecule has 6 nitrogen and oxygen atoms in total. The molecule has 0 atom stereocenters. The van der Waals surface area contributed by atoms with E-state index in [-0.39, 0.29) is 0 Å². The minimum absolute atomic E-state index is 0.490. The summed E-state index contributed by atoms with van der Waals surface area (Å²) < 4.78 is 0. The van der Waals surface area contributed by atoms with Gasteiger partial charge < -0.3 is 21.4 Å². The van der Waals surface area contributed by atoms with Gasteiger partial charge in [-0.3, -0.25) is 0 Å². The van der Waals surface area contributed by atoms with Gasteiger partial charge in [0, 0.05) is 36.4 Å². The van der Waals surface area contributed by atoms with Crippen LogP contribution in [-0.4, -0.2) is 30.1 Å². The molecule has 0 aliphatic carbocycles. The van der Waals surface area contributed by atoms with Gasteiger partial charge >= 0.3 is 0 Å². The monoisotopic (exact) mass is 338 g/mol. The lowest BCUT2D eigenvalue weighted by Gasteiger charge is -2.25. The molecule has 3 rings (SSSR count). The van der Waals surface area contributed by atoms with Gasteiger partial charge in [0.25, 0.3) is 0 Å². The highest BCUT2D eigenvalue weighted by molar-refractivity contribution is 5.87. The van der Waals surface area contributed by atoms with E-state index in [1.807, 2.05) is 30.5 Å². The van der Waals surface area contributed by atoms with E-state index in [2.05, 4.69) is 22.2 Å². The highest BCUT2D eigenvalue weighted by Crippen LogP contribution is 2.24. The minimum Gasteiger partial charge on any atom is -0.397 e. The van der Waals surface area contributed by atoms with E-state index < -0.39 is 0 Å². The maximum atomic E-state index is 6.09. The summed E-state index contributed by atoms with van der Waals surface area (Å²) in [6, 6.07) is 8.07. The number of aromatic nitrogens is 1. The van der Waals surface area contributed by atoms with Crippen LogP contribution in [0.1, 0.15) is 18.4 Å². The second kappa shape index (κ2) is 7.55. The Morgan fingerprint density at radius 3 is 2.80 bits per heavy atom. The summed E-state index contributed by atoms with van der Waals surface area (Å²) >= 11 is 0. The quantitative estimate of drug-likeness (QED) is 0.493. The van der Waals surface area contributed by atoms with Crippen LogP contribution in [0.3, 0.4) is 0 Å². The van der Waals surface area contributed by atoms with Crippen molar-refractivity contribution >= 4 is 22.3 Å². The predicted molar refractivity (Wildman–Crippen MR) is 104 cm³/mol. The molecule has 6 N–H and O–H groups in total. The summed E-state index contributed by atoms with van der Waals surface area (Å²) in [6.07, 6.45) is 5.78. The Kier molecular flexibility index (Phi) is 5.21. The van der Waals surface area contributed by atoms with E-state index in [4.69, 9.17) is 11.6 Å². The molecule has 1 aliphatic heterocycles. The topological polar surface area (TPSA) is 92.2 Å². The van der Waals surface area contributed by atoms with Crippen LogP contribution in [0.15, 0.2) is 48.9 Å². The average Bonchev–Trinajstić information content (AvgIpc) is 2.61. The van der Waals surface area contributed by atoms with Crippen LogP contribution >= 0.6 is 0 Å². The van der Waals surface area contributed by atoms with Crippen molar-refractivity contribution < 1.29 is 0 Å². The number of benzene rings is 1. The Morgan fingerprint density at radius 1 is 1.32 bits per heavy atom. The zero-order chi connectivity index (χ0) is 17.8. The van der Waals surface area contributed by atoms with Crippen LogP contribution in [0.25, 0.3) is 16.5 Å². The van der Waals surface area contributed by atoms with Crippen molar-refractivity contribution in [3.8, 4) is 0 Å². The van der Waals surface area contributed by atoms with Gasteiger partial charge in [0.05, 0.1) is 5.70 Å². The van der Waals surface area contributed by atoms with Gasteiger partial charge in [-0.05, 0) is 49.0 Å². The number of allylic oxidation sites excluding steroid dienone is 1. The molecule has 0 amide bonds. The first-order chi connectivity index (χ1) is 12.0. The highest BCUT2D eigenvalue weighted by atomic mass is 15.4. The van der Waals surface area contributed by atoms with Crippen LogP contribution in [0.4, 0.5) is 5.82 Å². The number of nitrogens with one attached hydrogen (secondary N) is 2. The van der Waals surface area contributed by atoms with Gasteiger partial charge in [0.2, 0.25) is 0 Å². The summed E-state index contributed by atoms with van der Waals surface area (Å²) in [5.74, 6) is 6.94. The van der Waals surface area contributed by atoms with Crippen molar-refractivity contribution in [1.82, 2.24) is 15.3 Å². The number of rotatable bonds is 5. The second-order valence-corrected chi connectivity index (χ2v) is 6.56. The molecule has 1 aliphatic rings. The van der Waals surface area contributed by atoms with E-state index in [1.165, 1.54) is 5.01 Å². The minimum atomic E-state index is 0.490. The highest BCUT2D eigenvalue weighted by Gasteiger charge is 2.16. The molecule has 2 aromatic rings. The Bertz CT molecular complexity index is 790. The number of nitrogens with two attached hydrogens (primary N) is 2. The zero-order valence-electron chi connectivity index (χ0n) is 14.6. The number of fused-ring (bicyclic) bond motifs is 1. The zero-order valence-corrected chi connectivity index (χ0v) is 14.6. The third-order valence-electron chi connectivity index (χ3n) is 4.52.